The smallest absolute Gasteiger partial charge is 0.337 e. The Hall–Kier alpha value is -1.60. The van der Waals surface area contributed by atoms with Crippen LogP contribution in [0.3, 0.4) is 0 Å². The van der Waals surface area contributed by atoms with E-state index in [-0.39, 0.29) is 22.0 Å². The molecule has 0 aliphatic rings. The maximum Gasteiger partial charge on any atom is 0.337 e. The van der Waals surface area contributed by atoms with Gasteiger partial charge in [0.1, 0.15) is 0 Å². The van der Waals surface area contributed by atoms with Crippen molar-refractivity contribution in [2.75, 3.05) is 5.32 Å². The molecule has 0 aliphatic heterocycles. The van der Waals surface area contributed by atoms with Crippen LogP contribution < -0.4 is 10.0 Å². The van der Waals surface area contributed by atoms with Gasteiger partial charge in [-0.25, -0.2) is 17.9 Å². The van der Waals surface area contributed by atoms with Crippen molar-refractivity contribution in [2.24, 2.45) is 0 Å². The van der Waals surface area contributed by atoms with Crippen LogP contribution in [0.15, 0.2) is 23.1 Å². The Morgan fingerprint density at radius 3 is 2.36 bits per heavy atom. The number of sulfonamides is 1. The van der Waals surface area contributed by atoms with Crippen LogP contribution in [0.4, 0.5) is 5.69 Å². The Morgan fingerprint density at radius 1 is 1.32 bits per heavy atom. The highest BCUT2D eigenvalue weighted by atomic mass is 32.2. The van der Waals surface area contributed by atoms with Gasteiger partial charge in [0.25, 0.3) is 0 Å². The molecule has 0 fully saturated rings. The van der Waals surface area contributed by atoms with Gasteiger partial charge in [0, 0.05) is 17.3 Å². The predicted molar refractivity (Wildman–Crippen MR) is 86.9 cm³/mol. The van der Waals surface area contributed by atoms with E-state index in [0.29, 0.717) is 12.1 Å². The second kappa shape index (κ2) is 6.66. The number of anilines is 1. The molecule has 1 atom stereocenters. The van der Waals surface area contributed by atoms with E-state index in [1.165, 1.54) is 18.2 Å². The second-order valence-electron chi connectivity index (χ2n) is 6.32. The van der Waals surface area contributed by atoms with E-state index in [9.17, 15) is 18.3 Å². The largest absolute Gasteiger partial charge is 0.478 e. The van der Waals surface area contributed by atoms with Gasteiger partial charge in [-0.05, 0) is 52.3 Å². The minimum atomic E-state index is -3.73. The van der Waals surface area contributed by atoms with Crippen molar-refractivity contribution in [1.29, 1.82) is 0 Å². The van der Waals surface area contributed by atoms with E-state index in [0.717, 1.165) is 0 Å². The minimum absolute atomic E-state index is 0.0512. The molecule has 0 unspecified atom stereocenters. The number of carbonyl (C=O) groups is 1. The van der Waals surface area contributed by atoms with Crippen LogP contribution in [0.1, 0.15) is 51.4 Å². The van der Waals surface area contributed by atoms with Crippen LogP contribution in [0.25, 0.3) is 0 Å². The molecule has 0 aromatic heterocycles. The molecule has 1 aromatic rings. The highest BCUT2D eigenvalue weighted by molar-refractivity contribution is 7.89. The zero-order chi connectivity index (χ0) is 17.1. The molecule has 0 radical (unpaired) electrons. The molecule has 124 valence electrons. The molecule has 6 nitrogen and oxygen atoms in total. The van der Waals surface area contributed by atoms with Crippen molar-refractivity contribution < 1.29 is 18.3 Å². The maximum atomic E-state index is 12.2. The molecule has 0 saturated heterocycles. The fourth-order valence-corrected chi connectivity index (χ4v) is 3.15. The van der Waals surface area contributed by atoms with Crippen molar-refractivity contribution in [3.8, 4) is 0 Å². The van der Waals surface area contributed by atoms with E-state index < -0.39 is 16.0 Å². The molecular formula is C15H24N2O4S. The summed E-state index contributed by atoms with van der Waals surface area (Å²) in [6.45, 7) is 9.31. The fraction of sp³-hybridized carbons (Fsp3) is 0.533. The monoisotopic (exact) mass is 328 g/mol. The standard InChI is InChI=1S/C15H24N2O4S/c1-6-10(2)17-22(20,21)11-7-8-13(16-15(3,4)5)12(9-11)14(18)19/h7-10,16-17H,6H2,1-5H3,(H,18,19)/t10-/m0/s1. The summed E-state index contributed by atoms with van der Waals surface area (Å²) in [7, 11) is -3.73. The summed E-state index contributed by atoms with van der Waals surface area (Å²) in [6.07, 6.45) is 0.648. The highest BCUT2D eigenvalue weighted by Gasteiger charge is 2.22. The lowest BCUT2D eigenvalue weighted by Gasteiger charge is -2.23. The second-order valence-corrected chi connectivity index (χ2v) is 8.03. The first-order valence-electron chi connectivity index (χ1n) is 7.14. The number of hydrogen-bond donors (Lipinski definition) is 3. The lowest BCUT2D eigenvalue weighted by molar-refractivity contribution is 0.0697. The van der Waals surface area contributed by atoms with Crippen molar-refractivity contribution in [3.63, 3.8) is 0 Å². The molecule has 0 heterocycles. The quantitative estimate of drug-likeness (QED) is 0.746. The minimum Gasteiger partial charge on any atom is -0.478 e. The van der Waals surface area contributed by atoms with Crippen LogP contribution >= 0.6 is 0 Å². The fourth-order valence-electron chi connectivity index (χ4n) is 1.80. The predicted octanol–water partition coefficient (Wildman–Crippen LogP) is 2.67. The summed E-state index contributed by atoms with van der Waals surface area (Å²) in [5.74, 6) is -1.17. The zero-order valence-electron chi connectivity index (χ0n) is 13.6. The van der Waals surface area contributed by atoms with Gasteiger partial charge in [-0.3, -0.25) is 0 Å². The molecule has 1 aromatic carbocycles. The molecule has 1 rings (SSSR count). The van der Waals surface area contributed by atoms with Crippen LogP contribution in [-0.4, -0.2) is 31.1 Å². The Kier molecular flexibility index (Phi) is 5.59. The molecule has 0 bridgehead atoms. The first kappa shape index (κ1) is 18.4. The molecule has 3 N–H and O–H groups in total. The number of carboxylic acids is 1. The van der Waals surface area contributed by atoms with Gasteiger partial charge in [0.05, 0.1) is 10.5 Å². The van der Waals surface area contributed by atoms with Crippen molar-refractivity contribution >= 4 is 21.7 Å². The summed E-state index contributed by atoms with van der Waals surface area (Å²) in [4.78, 5) is 11.4. The normalized spacial score (nSPS) is 13.7. The van der Waals surface area contributed by atoms with Crippen molar-refractivity contribution in [1.82, 2.24) is 4.72 Å². The maximum absolute atomic E-state index is 12.2. The number of rotatable bonds is 6. The Morgan fingerprint density at radius 2 is 1.91 bits per heavy atom. The van der Waals surface area contributed by atoms with Crippen molar-refractivity contribution in [2.45, 2.75) is 57.5 Å². The number of carboxylic acid groups (broad SMARTS) is 1. The van der Waals surface area contributed by atoms with E-state index >= 15 is 0 Å². The third-order valence-corrected chi connectivity index (χ3v) is 4.60. The lowest BCUT2D eigenvalue weighted by Crippen LogP contribution is -2.32. The molecular weight excluding hydrogens is 304 g/mol. The van der Waals surface area contributed by atoms with Gasteiger partial charge in [0.2, 0.25) is 10.0 Å². The third-order valence-electron chi connectivity index (χ3n) is 3.01. The van der Waals surface area contributed by atoms with Crippen LogP contribution in [0.5, 0.6) is 0 Å². The average Bonchev–Trinajstić information content (AvgIpc) is 2.36. The Labute approximate surface area is 132 Å². The topological polar surface area (TPSA) is 95.5 Å². The lowest BCUT2D eigenvalue weighted by atomic mass is 10.1. The van der Waals surface area contributed by atoms with Crippen molar-refractivity contribution in [3.05, 3.63) is 23.8 Å². The molecule has 0 spiro atoms. The van der Waals surface area contributed by atoms with E-state index in [1.807, 2.05) is 27.7 Å². The average molecular weight is 328 g/mol. The summed E-state index contributed by atoms with van der Waals surface area (Å²) in [6, 6.07) is 3.86. The number of aromatic carboxylic acids is 1. The first-order chi connectivity index (χ1) is 9.96. The molecule has 7 heteroatoms. The molecule has 22 heavy (non-hydrogen) atoms. The Bertz CT molecular complexity index is 648. The molecule has 0 amide bonds. The van der Waals surface area contributed by atoms with Crippen LogP contribution in [0, 0.1) is 0 Å². The zero-order valence-corrected chi connectivity index (χ0v) is 14.4. The van der Waals surface area contributed by atoms with E-state index in [4.69, 9.17) is 0 Å². The van der Waals surface area contributed by atoms with Gasteiger partial charge in [0.15, 0.2) is 0 Å². The van der Waals surface area contributed by atoms with Gasteiger partial charge in [-0.15, -0.1) is 0 Å². The SMILES string of the molecule is CC[C@H](C)NS(=O)(=O)c1ccc(NC(C)(C)C)c(C(=O)O)c1. The molecule has 0 saturated carbocycles. The van der Waals surface area contributed by atoms with Crippen LogP contribution in [0.2, 0.25) is 0 Å². The Balaban J connectivity index is 3.26. The van der Waals surface area contributed by atoms with E-state index in [2.05, 4.69) is 10.0 Å². The first-order valence-corrected chi connectivity index (χ1v) is 8.62. The number of benzene rings is 1. The number of nitrogens with one attached hydrogen (secondary N) is 2. The number of hydrogen-bond acceptors (Lipinski definition) is 4. The molecule has 0 aliphatic carbocycles. The summed E-state index contributed by atoms with van der Waals surface area (Å²) < 4.78 is 27.0. The van der Waals surface area contributed by atoms with E-state index in [1.54, 1.807) is 6.92 Å². The van der Waals surface area contributed by atoms with Gasteiger partial charge in [-0.2, -0.15) is 0 Å². The van der Waals surface area contributed by atoms with Gasteiger partial charge in [-0.1, -0.05) is 6.92 Å². The summed E-state index contributed by atoms with van der Waals surface area (Å²) >= 11 is 0. The highest BCUT2D eigenvalue weighted by Crippen LogP contribution is 2.24. The van der Waals surface area contributed by atoms with Gasteiger partial charge < -0.3 is 10.4 Å². The third kappa shape index (κ3) is 4.99. The summed E-state index contributed by atoms with van der Waals surface area (Å²) in [5.41, 5.74) is -0.0102. The summed E-state index contributed by atoms with van der Waals surface area (Å²) in [5, 5.41) is 12.4. The van der Waals surface area contributed by atoms with Crippen LogP contribution in [-0.2, 0) is 10.0 Å². The van der Waals surface area contributed by atoms with Gasteiger partial charge >= 0.3 is 5.97 Å².